The Balaban J connectivity index is 4.62. The highest BCUT2D eigenvalue weighted by Crippen LogP contribution is 2.20. The van der Waals surface area contributed by atoms with E-state index in [4.69, 9.17) is 43.6 Å². The first kappa shape index (κ1) is 53.6. The summed E-state index contributed by atoms with van der Waals surface area (Å²) in [5.41, 5.74) is 22.2. The second kappa shape index (κ2) is 34.6. The van der Waals surface area contributed by atoms with Crippen molar-refractivity contribution >= 4 is 90.6 Å². The smallest absolute Gasteiger partial charge is 0.306 e. The molecule has 26 heteroatoms. The molecular weight excluding hydrogens is 827 g/mol. The topological polar surface area (TPSA) is 388 Å². The van der Waals surface area contributed by atoms with Gasteiger partial charge in [0.05, 0.1) is 31.5 Å². The van der Waals surface area contributed by atoms with E-state index in [1.54, 1.807) is 0 Å². The molecule has 22 nitrogen and oxygen atoms in total. The molecule has 0 aliphatic carbocycles. The first-order chi connectivity index (χ1) is 27.2. The summed E-state index contributed by atoms with van der Waals surface area (Å²) in [5.74, 6) is -1.21. The van der Waals surface area contributed by atoms with Crippen molar-refractivity contribution in [3.05, 3.63) is 0 Å². The van der Waals surface area contributed by atoms with Crippen molar-refractivity contribution in [1.29, 1.82) is 10.8 Å². The van der Waals surface area contributed by atoms with Gasteiger partial charge in [0.2, 0.25) is 29.5 Å². The molecule has 4 atom stereocenters. The SMILES string of the molecule is N=C(N)NCCCC(N)C(=O)NCCSSCCNC(=O)CC(NC(=O)CCC(=O)OC[C@H](O)CO)C(=O)NCCSSCCNC(=O)C(N)CCCNC(=N)N. The molecule has 0 aromatic heterocycles. The normalized spacial score (nSPS) is 12.8. The number of aliphatic hydroxyl groups is 2. The Bertz CT molecular complexity index is 1250. The van der Waals surface area contributed by atoms with Gasteiger partial charge in [0, 0.05) is 68.7 Å². The standard InChI is InChI=1S/C31H61N13O9S4/c32-21(3-1-7-42-30(34)35)27(50)39-10-14-55-54-13-9-38-25(48)17-23(44-24(47)5-6-26(49)53-19-20(46)18-45)29(52)41-12-16-57-56-15-11-40-28(51)22(33)4-2-8-43-31(36)37/h20-23,45-46H,1-19,32-33H2,(H,38,48)(H,39,50)(H,40,51)(H,41,52)(H,44,47)(H4,34,35,42)(H4,36,37,43)/t20-,21?,22?,23?/m1/s1. The van der Waals surface area contributed by atoms with Crippen LogP contribution in [0.3, 0.4) is 0 Å². The predicted octanol–water partition coefficient (Wildman–Crippen LogP) is -4.05. The van der Waals surface area contributed by atoms with E-state index in [2.05, 4.69) is 37.2 Å². The van der Waals surface area contributed by atoms with Crippen LogP contribution in [0.5, 0.6) is 0 Å². The molecule has 19 N–H and O–H groups in total. The molecule has 0 saturated heterocycles. The van der Waals surface area contributed by atoms with E-state index in [0.717, 1.165) is 0 Å². The fraction of sp³-hybridized carbons (Fsp3) is 0.742. The molecule has 0 aromatic rings. The first-order valence-electron chi connectivity index (χ1n) is 18.2. The molecule has 0 heterocycles. The summed E-state index contributed by atoms with van der Waals surface area (Å²) >= 11 is 0. The second-order valence-corrected chi connectivity index (χ2v) is 17.4. The lowest BCUT2D eigenvalue weighted by Crippen LogP contribution is -2.49. The van der Waals surface area contributed by atoms with Crippen molar-refractivity contribution in [3.63, 3.8) is 0 Å². The summed E-state index contributed by atoms with van der Waals surface area (Å²) in [6.07, 6.45) is -0.265. The van der Waals surface area contributed by atoms with Crippen LogP contribution < -0.4 is 60.2 Å². The number of carbonyl (C=O) groups is 6. The van der Waals surface area contributed by atoms with Crippen LogP contribution in [0.25, 0.3) is 0 Å². The van der Waals surface area contributed by atoms with E-state index in [1.807, 2.05) is 0 Å². The van der Waals surface area contributed by atoms with Gasteiger partial charge in [0.15, 0.2) is 11.9 Å². The molecule has 328 valence electrons. The molecule has 0 fully saturated rings. The third kappa shape index (κ3) is 32.3. The summed E-state index contributed by atoms with van der Waals surface area (Å²) in [6.45, 7) is 1.14. The van der Waals surface area contributed by atoms with Crippen molar-refractivity contribution in [1.82, 2.24) is 37.2 Å². The number of rotatable bonds is 34. The average molecular weight is 888 g/mol. The minimum absolute atomic E-state index is 0.141. The van der Waals surface area contributed by atoms with Gasteiger partial charge in [-0.1, -0.05) is 43.2 Å². The molecule has 0 aromatic carbocycles. The summed E-state index contributed by atoms with van der Waals surface area (Å²) in [5, 5.41) is 51.1. The molecule has 0 saturated carbocycles. The molecule has 0 bridgehead atoms. The van der Waals surface area contributed by atoms with Gasteiger partial charge in [0.25, 0.3) is 0 Å². The highest BCUT2D eigenvalue weighted by Gasteiger charge is 2.24. The Hall–Kier alpha value is -3.40. The molecule has 0 spiro atoms. The quantitative estimate of drug-likeness (QED) is 0.00961. The number of aliphatic hydroxyl groups excluding tert-OH is 2. The number of carbonyl (C=O) groups excluding carboxylic acids is 6. The number of nitrogens with one attached hydrogen (secondary N) is 9. The second-order valence-electron chi connectivity index (χ2n) is 12.0. The van der Waals surface area contributed by atoms with Crippen LogP contribution in [-0.2, 0) is 33.5 Å². The summed E-state index contributed by atoms with van der Waals surface area (Å²) in [4.78, 5) is 74.5. The molecule has 0 aliphatic rings. The average Bonchev–Trinajstić information content (AvgIpc) is 3.17. The lowest BCUT2D eigenvalue weighted by atomic mass is 10.1. The van der Waals surface area contributed by atoms with Crippen LogP contribution in [0.15, 0.2) is 0 Å². The number of hydrogen-bond donors (Lipinski definition) is 15. The van der Waals surface area contributed by atoms with E-state index in [0.29, 0.717) is 74.9 Å². The van der Waals surface area contributed by atoms with Crippen molar-refractivity contribution in [2.24, 2.45) is 22.9 Å². The van der Waals surface area contributed by atoms with Gasteiger partial charge >= 0.3 is 5.97 Å². The predicted molar refractivity (Wildman–Crippen MR) is 226 cm³/mol. The van der Waals surface area contributed by atoms with Gasteiger partial charge in [0.1, 0.15) is 18.8 Å². The van der Waals surface area contributed by atoms with Crippen LogP contribution in [0.4, 0.5) is 0 Å². The Morgan fingerprint density at radius 1 is 0.614 bits per heavy atom. The maximum Gasteiger partial charge on any atom is 0.306 e. The van der Waals surface area contributed by atoms with Crippen LogP contribution in [0.2, 0.25) is 0 Å². The molecular formula is C31H61N13O9S4. The van der Waals surface area contributed by atoms with Crippen LogP contribution in [0, 0.1) is 10.8 Å². The third-order valence-corrected chi connectivity index (χ3v) is 11.9. The Morgan fingerprint density at radius 3 is 1.49 bits per heavy atom. The lowest BCUT2D eigenvalue weighted by Gasteiger charge is -2.18. The van der Waals surface area contributed by atoms with E-state index < -0.39 is 61.1 Å². The Labute approximate surface area is 348 Å². The van der Waals surface area contributed by atoms with Gasteiger partial charge < -0.3 is 75.1 Å². The molecule has 0 radical (unpaired) electrons. The molecule has 0 aliphatic heterocycles. The van der Waals surface area contributed by atoms with Crippen molar-refractivity contribution < 1.29 is 43.7 Å². The summed E-state index contributed by atoms with van der Waals surface area (Å²) in [7, 11) is 5.87. The summed E-state index contributed by atoms with van der Waals surface area (Å²) in [6, 6.07) is -2.58. The van der Waals surface area contributed by atoms with Gasteiger partial charge in [-0.15, -0.1) is 0 Å². The number of amides is 5. The number of ether oxygens (including phenoxy) is 1. The van der Waals surface area contributed by atoms with Gasteiger partial charge in [-0.3, -0.25) is 39.6 Å². The Morgan fingerprint density at radius 2 is 1.05 bits per heavy atom. The summed E-state index contributed by atoms with van der Waals surface area (Å²) < 4.78 is 4.79. The van der Waals surface area contributed by atoms with E-state index in [1.165, 1.54) is 43.2 Å². The zero-order valence-corrected chi connectivity index (χ0v) is 35.2. The van der Waals surface area contributed by atoms with Crippen molar-refractivity contribution in [2.45, 2.75) is 69.2 Å². The lowest BCUT2D eigenvalue weighted by molar-refractivity contribution is -0.148. The van der Waals surface area contributed by atoms with E-state index >= 15 is 0 Å². The Kier molecular flexibility index (Phi) is 32.6. The number of hydrogen-bond acceptors (Lipinski definition) is 17. The highest BCUT2D eigenvalue weighted by molar-refractivity contribution is 8.77. The fourth-order valence-corrected chi connectivity index (χ4v) is 7.74. The number of esters is 1. The fourth-order valence-electron chi connectivity index (χ4n) is 4.12. The van der Waals surface area contributed by atoms with Gasteiger partial charge in [-0.2, -0.15) is 0 Å². The minimum Gasteiger partial charge on any atom is -0.463 e. The van der Waals surface area contributed by atoms with E-state index in [-0.39, 0.29) is 56.1 Å². The minimum atomic E-state index is -1.25. The zero-order chi connectivity index (χ0) is 42.8. The molecule has 5 amide bonds. The third-order valence-electron chi connectivity index (χ3n) is 7.06. The maximum atomic E-state index is 13.0. The van der Waals surface area contributed by atoms with Crippen molar-refractivity contribution in [3.8, 4) is 0 Å². The van der Waals surface area contributed by atoms with Crippen LogP contribution in [0.1, 0.15) is 44.9 Å². The molecule has 0 rings (SSSR count). The van der Waals surface area contributed by atoms with Gasteiger partial charge in [-0.05, 0) is 25.7 Å². The monoisotopic (exact) mass is 887 g/mol. The van der Waals surface area contributed by atoms with E-state index in [9.17, 15) is 33.9 Å². The zero-order valence-electron chi connectivity index (χ0n) is 31.9. The largest absolute Gasteiger partial charge is 0.463 e. The van der Waals surface area contributed by atoms with Crippen LogP contribution >= 0.6 is 43.2 Å². The number of nitrogens with two attached hydrogens (primary N) is 4. The first-order valence-corrected chi connectivity index (χ1v) is 23.1. The van der Waals surface area contributed by atoms with Crippen LogP contribution in [-0.4, -0.2) is 157 Å². The maximum absolute atomic E-state index is 13.0. The van der Waals surface area contributed by atoms with Crippen molar-refractivity contribution in [2.75, 3.05) is 75.5 Å². The number of guanidine groups is 2. The van der Waals surface area contributed by atoms with Gasteiger partial charge in [-0.25, -0.2) is 0 Å². The highest BCUT2D eigenvalue weighted by atomic mass is 33.1. The molecule has 3 unspecified atom stereocenters. The molecule has 57 heavy (non-hydrogen) atoms.